The maximum absolute atomic E-state index is 13.1. The Morgan fingerprint density at radius 1 is 1.25 bits per heavy atom. The molecule has 0 aromatic rings. The summed E-state index contributed by atoms with van der Waals surface area (Å²) < 4.78 is 26.2. The van der Waals surface area contributed by atoms with Crippen LogP contribution in [0.15, 0.2) is 0 Å². The molecule has 68 valence electrons. The third-order valence-corrected chi connectivity index (χ3v) is 2.52. The highest BCUT2D eigenvalue weighted by atomic mass is 19.3. The zero-order valence-corrected chi connectivity index (χ0v) is 7.02. The molecule has 0 heterocycles. The number of nitrogens with zero attached hydrogens (tertiary/aromatic N) is 1. The quantitative estimate of drug-likeness (QED) is 0.629. The average Bonchev–Trinajstić information content (AvgIpc) is 2.06. The lowest BCUT2D eigenvalue weighted by Crippen LogP contribution is -2.29. The molecule has 1 aliphatic rings. The van der Waals surface area contributed by atoms with E-state index in [1.165, 1.54) is 0 Å². The van der Waals surface area contributed by atoms with Gasteiger partial charge in [-0.3, -0.25) is 0 Å². The first kappa shape index (κ1) is 9.44. The summed E-state index contributed by atoms with van der Waals surface area (Å²) in [4.78, 5) is 0. The van der Waals surface area contributed by atoms with E-state index in [-0.39, 0.29) is 0 Å². The van der Waals surface area contributed by atoms with Gasteiger partial charge < -0.3 is 0 Å². The first-order chi connectivity index (χ1) is 5.67. The van der Waals surface area contributed by atoms with Crippen LogP contribution in [0.5, 0.6) is 0 Å². The molecule has 0 amide bonds. The molecule has 1 nitrogen and oxygen atoms in total. The highest BCUT2D eigenvalue weighted by molar-refractivity contribution is 4.88. The molecule has 0 N–H and O–H groups in total. The standard InChI is InChI=1S/C9H13F2N/c10-9(11,6-7-12)8-4-2-1-3-5-8/h8H,1-6H2. The van der Waals surface area contributed by atoms with E-state index in [0.29, 0.717) is 12.8 Å². The minimum atomic E-state index is -2.74. The van der Waals surface area contributed by atoms with E-state index in [0.717, 1.165) is 19.3 Å². The summed E-state index contributed by atoms with van der Waals surface area (Å²) in [5, 5.41) is 8.20. The number of nitriles is 1. The molecule has 0 atom stereocenters. The molecule has 12 heavy (non-hydrogen) atoms. The fourth-order valence-corrected chi connectivity index (χ4v) is 1.77. The topological polar surface area (TPSA) is 23.8 Å². The van der Waals surface area contributed by atoms with Crippen LogP contribution in [0.1, 0.15) is 38.5 Å². The summed E-state index contributed by atoms with van der Waals surface area (Å²) >= 11 is 0. The van der Waals surface area contributed by atoms with Gasteiger partial charge in [-0.05, 0) is 12.8 Å². The Morgan fingerprint density at radius 3 is 2.33 bits per heavy atom. The van der Waals surface area contributed by atoms with Crippen LogP contribution in [0.25, 0.3) is 0 Å². The van der Waals surface area contributed by atoms with Gasteiger partial charge in [-0.15, -0.1) is 0 Å². The van der Waals surface area contributed by atoms with Crippen molar-refractivity contribution in [3.8, 4) is 6.07 Å². The van der Waals surface area contributed by atoms with Gasteiger partial charge in [0.05, 0.1) is 12.5 Å². The predicted molar refractivity (Wildman–Crippen MR) is 41.8 cm³/mol. The van der Waals surface area contributed by atoms with Crippen molar-refractivity contribution in [2.75, 3.05) is 0 Å². The molecule has 0 aromatic heterocycles. The summed E-state index contributed by atoms with van der Waals surface area (Å²) in [5.74, 6) is -3.28. The van der Waals surface area contributed by atoms with Gasteiger partial charge in [0, 0.05) is 5.92 Å². The Bertz CT molecular complexity index is 177. The Labute approximate surface area is 71.4 Å². The predicted octanol–water partition coefficient (Wildman–Crippen LogP) is 3.12. The molecule has 1 rings (SSSR count). The number of hydrogen-bond acceptors (Lipinski definition) is 1. The van der Waals surface area contributed by atoms with E-state index in [1.807, 2.05) is 0 Å². The zero-order valence-electron chi connectivity index (χ0n) is 7.02. The van der Waals surface area contributed by atoms with Crippen LogP contribution in [0.3, 0.4) is 0 Å². The van der Waals surface area contributed by atoms with Gasteiger partial charge in [-0.25, -0.2) is 8.78 Å². The third-order valence-electron chi connectivity index (χ3n) is 2.52. The summed E-state index contributed by atoms with van der Waals surface area (Å²) in [7, 11) is 0. The van der Waals surface area contributed by atoms with Crippen LogP contribution in [0, 0.1) is 17.2 Å². The highest BCUT2D eigenvalue weighted by Gasteiger charge is 2.39. The van der Waals surface area contributed by atoms with Crippen molar-refractivity contribution in [1.82, 2.24) is 0 Å². The molecule has 0 spiro atoms. The highest BCUT2D eigenvalue weighted by Crippen LogP contribution is 2.38. The van der Waals surface area contributed by atoms with E-state index in [1.54, 1.807) is 6.07 Å². The van der Waals surface area contributed by atoms with Crippen LogP contribution in [-0.4, -0.2) is 5.92 Å². The number of halogens is 2. The molecule has 1 saturated carbocycles. The molecule has 0 saturated heterocycles. The van der Waals surface area contributed by atoms with E-state index >= 15 is 0 Å². The van der Waals surface area contributed by atoms with Crippen molar-refractivity contribution in [2.45, 2.75) is 44.4 Å². The normalized spacial score (nSPS) is 20.4. The van der Waals surface area contributed by atoms with Crippen LogP contribution >= 0.6 is 0 Å². The summed E-state index contributed by atoms with van der Waals surface area (Å²) in [5.41, 5.74) is 0. The van der Waals surface area contributed by atoms with E-state index in [9.17, 15) is 8.78 Å². The van der Waals surface area contributed by atoms with Gasteiger partial charge in [-0.2, -0.15) is 5.26 Å². The van der Waals surface area contributed by atoms with Crippen LogP contribution in [0.4, 0.5) is 8.78 Å². The van der Waals surface area contributed by atoms with Crippen LogP contribution in [-0.2, 0) is 0 Å². The van der Waals surface area contributed by atoms with Crippen molar-refractivity contribution in [1.29, 1.82) is 5.26 Å². The molecule has 0 bridgehead atoms. The summed E-state index contributed by atoms with van der Waals surface area (Å²) in [6, 6.07) is 1.56. The molecular weight excluding hydrogens is 160 g/mol. The fourth-order valence-electron chi connectivity index (χ4n) is 1.77. The SMILES string of the molecule is N#CCC(F)(F)C1CCCCC1. The van der Waals surface area contributed by atoms with E-state index in [4.69, 9.17) is 5.26 Å². The van der Waals surface area contributed by atoms with Crippen molar-refractivity contribution < 1.29 is 8.78 Å². The first-order valence-corrected chi connectivity index (χ1v) is 4.41. The molecule has 0 aromatic carbocycles. The van der Waals surface area contributed by atoms with Crippen molar-refractivity contribution in [2.24, 2.45) is 5.92 Å². The van der Waals surface area contributed by atoms with Crippen LogP contribution < -0.4 is 0 Å². The number of hydrogen-bond donors (Lipinski definition) is 0. The van der Waals surface area contributed by atoms with E-state index < -0.39 is 18.3 Å². The second-order valence-corrected chi connectivity index (χ2v) is 3.43. The molecule has 1 aliphatic carbocycles. The van der Waals surface area contributed by atoms with Gasteiger partial charge in [0.25, 0.3) is 5.92 Å². The smallest absolute Gasteiger partial charge is 0.205 e. The minimum Gasteiger partial charge on any atom is -0.205 e. The lowest BCUT2D eigenvalue weighted by Gasteiger charge is -2.28. The largest absolute Gasteiger partial charge is 0.263 e. The van der Waals surface area contributed by atoms with Crippen molar-refractivity contribution in [3.63, 3.8) is 0 Å². The minimum absolute atomic E-state index is 0.536. The summed E-state index contributed by atoms with van der Waals surface area (Å²) in [6.45, 7) is 0. The molecule has 3 heteroatoms. The Balaban J connectivity index is 2.48. The molecule has 0 unspecified atom stereocenters. The average molecular weight is 173 g/mol. The molecule has 1 fully saturated rings. The Morgan fingerprint density at radius 2 is 1.83 bits per heavy atom. The van der Waals surface area contributed by atoms with Crippen molar-refractivity contribution >= 4 is 0 Å². The van der Waals surface area contributed by atoms with Crippen LogP contribution in [0.2, 0.25) is 0 Å². The molecular formula is C9H13F2N. The second kappa shape index (κ2) is 3.84. The van der Waals surface area contributed by atoms with E-state index in [2.05, 4.69) is 0 Å². The third kappa shape index (κ3) is 2.17. The number of alkyl halides is 2. The molecule has 0 radical (unpaired) electrons. The molecule has 0 aliphatic heterocycles. The van der Waals surface area contributed by atoms with Gasteiger partial charge in [-0.1, -0.05) is 19.3 Å². The lowest BCUT2D eigenvalue weighted by atomic mass is 9.84. The lowest BCUT2D eigenvalue weighted by molar-refractivity contribution is -0.0661. The second-order valence-electron chi connectivity index (χ2n) is 3.43. The first-order valence-electron chi connectivity index (χ1n) is 4.41. The fraction of sp³-hybridized carbons (Fsp3) is 0.889. The maximum Gasteiger partial charge on any atom is 0.263 e. The Hall–Kier alpha value is -0.650. The monoisotopic (exact) mass is 173 g/mol. The summed E-state index contributed by atoms with van der Waals surface area (Å²) in [6.07, 6.45) is 3.43. The van der Waals surface area contributed by atoms with Gasteiger partial charge >= 0.3 is 0 Å². The van der Waals surface area contributed by atoms with Gasteiger partial charge in [0.2, 0.25) is 0 Å². The maximum atomic E-state index is 13.1. The van der Waals surface area contributed by atoms with Gasteiger partial charge in [0.1, 0.15) is 0 Å². The Kier molecular flexibility index (Phi) is 3.02. The number of rotatable bonds is 2. The van der Waals surface area contributed by atoms with Crippen molar-refractivity contribution in [3.05, 3.63) is 0 Å². The zero-order chi connectivity index (χ0) is 9.03. The van der Waals surface area contributed by atoms with Gasteiger partial charge in [0.15, 0.2) is 0 Å².